The molecule has 1 unspecified atom stereocenters. The highest BCUT2D eigenvalue weighted by molar-refractivity contribution is 7.14. The Morgan fingerprint density at radius 3 is 2.79 bits per heavy atom. The minimum absolute atomic E-state index is 0.0766. The van der Waals surface area contributed by atoms with Gasteiger partial charge in [0.05, 0.1) is 11.6 Å². The number of anilines is 1. The molecule has 1 aromatic carbocycles. The molecule has 0 saturated carbocycles. The lowest BCUT2D eigenvalue weighted by atomic mass is 9.96. The molecule has 0 bridgehead atoms. The lowest BCUT2D eigenvalue weighted by molar-refractivity contribution is -0.121. The Balaban J connectivity index is 1.39. The standard InChI is InChI=1S/C21H19ClN4O2S/c22-17-7-5-14(6-8-17)20(28)26-10-2-4-16(12-26)19(27)25-21-24-18(13-29-21)15-3-1-9-23-11-15/h1,3,5-9,11,13,16H,2,4,10,12H2,(H,24,25,27). The average Bonchev–Trinajstić information content (AvgIpc) is 3.23. The van der Waals surface area contributed by atoms with Gasteiger partial charge in [-0.1, -0.05) is 11.6 Å². The second kappa shape index (κ2) is 8.71. The number of hydrogen-bond acceptors (Lipinski definition) is 5. The number of carbonyl (C=O) groups is 2. The first-order valence-electron chi connectivity index (χ1n) is 9.32. The molecule has 6 nitrogen and oxygen atoms in total. The summed E-state index contributed by atoms with van der Waals surface area (Å²) in [7, 11) is 0. The molecule has 148 valence electrons. The fourth-order valence-corrected chi connectivity index (χ4v) is 4.18. The van der Waals surface area contributed by atoms with Crippen molar-refractivity contribution >= 4 is 39.9 Å². The molecular formula is C21H19ClN4O2S. The van der Waals surface area contributed by atoms with E-state index in [0.717, 1.165) is 24.1 Å². The minimum atomic E-state index is -0.259. The lowest BCUT2D eigenvalue weighted by Gasteiger charge is -2.32. The summed E-state index contributed by atoms with van der Waals surface area (Å²) in [5, 5.41) is 5.93. The number of thiazole rings is 1. The summed E-state index contributed by atoms with van der Waals surface area (Å²) >= 11 is 7.28. The van der Waals surface area contributed by atoms with Gasteiger partial charge in [0.2, 0.25) is 5.91 Å². The molecule has 0 aliphatic carbocycles. The van der Waals surface area contributed by atoms with Crippen molar-refractivity contribution in [3.63, 3.8) is 0 Å². The summed E-state index contributed by atoms with van der Waals surface area (Å²) in [4.78, 5) is 35.8. The Morgan fingerprint density at radius 2 is 2.03 bits per heavy atom. The van der Waals surface area contributed by atoms with Gasteiger partial charge in [0.15, 0.2) is 5.13 Å². The largest absolute Gasteiger partial charge is 0.338 e. The summed E-state index contributed by atoms with van der Waals surface area (Å²) in [5.74, 6) is -0.441. The highest BCUT2D eigenvalue weighted by Crippen LogP contribution is 2.26. The second-order valence-corrected chi connectivity index (χ2v) is 8.16. The monoisotopic (exact) mass is 426 g/mol. The average molecular weight is 427 g/mol. The van der Waals surface area contributed by atoms with Crippen LogP contribution in [0.25, 0.3) is 11.3 Å². The zero-order valence-corrected chi connectivity index (χ0v) is 17.1. The smallest absolute Gasteiger partial charge is 0.253 e. The van der Waals surface area contributed by atoms with Gasteiger partial charge in [-0.05, 0) is 49.2 Å². The van der Waals surface area contributed by atoms with Crippen LogP contribution in [0.5, 0.6) is 0 Å². The molecule has 8 heteroatoms. The van der Waals surface area contributed by atoms with Gasteiger partial charge in [0, 0.05) is 47.0 Å². The van der Waals surface area contributed by atoms with Gasteiger partial charge in [0.1, 0.15) is 0 Å². The van der Waals surface area contributed by atoms with Gasteiger partial charge in [0.25, 0.3) is 5.91 Å². The first kappa shape index (κ1) is 19.5. The number of benzene rings is 1. The van der Waals surface area contributed by atoms with Crippen molar-refractivity contribution in [2.24, 2.45) is 5.92 Å². The topological polar surface area (TPSA) is 75.2 Å². The number of nitrogens with zero attached hydrogens (tertiary/aromatic N) is 3. The first-order chi connectivity index (χ1) is 14.1. The molecule has 1 aliphatic rings. The molecule has 3 aromatic rings. The predicted molar refractivity (Wildman–Crippen MR) is 114 cm³/mol. The number of aromatic nitrogens is 2. The van der Waals surface area contributed by atoms with E-state index in [2.05, 4.69) is 15.3 Å². The Hall–Kier alpha value is -2.77. The van der Waals surface area contributed by atoms with E-state index in [1.807, 2.05) is 17.5 Å². The maximum atomic E-state index is 12.8. The number of pyridine rings is 1. The van der Waals surface area contributed by atoms with Gasteiger partial charge in [-0.3, -0.25) is 14.6 Å². The van der Waals surface area contributed by atoms with Gasteiger partial charge in [-0.15, -0.1) is 11.3 Å². The number of piperidine rings is 1. The Kier molecular flexibility index (Phi) is 5.87. The van der Waals surface area contributed by atoms with Crippen molar-refractivity contribution in [2.75, 3.05) is 18.4 Å². The van der Waals surface area contributed by atoms with Crippen LogP contribution in [0.4, 0.5) is 5.13 Å². The summed E-state index contributed by atoms with van der Waals surface area (Å²) in [5.41, 5.74) is 2.26. The van der Waals surface area contributed by atoms with Crippen molar-refractivity contribution in [1.82, 2.24) is 14.9 Å². The quantitative estimate of drug-likeness (QED) is 0.673. The molecule has 2 aromatic heterocycles. The molecule has 1 aliphatic heterocycles. The maximum Gasteiger partial charge on any atom is 0.253 e. The Bertz CT molecular complexity index is 1010. The van der Waals surface area contributed by atoms with Crippen LogP contribution in [0.3, 0.4) is 0 Å². The molecular weight excluding hydrogens is 408 g/mol. The van der Waals surface area contributed by atoms with Crippen LogP contribution < -0.4 is 5.32 Å². The predicted octanol–water partition coefficient (Wildman–Crippen LogP) is 4.35. The summed E-state index contributed by atoms with van der Waals surface area (Å²) in [6.45, 7) is 1.04. The zero-order chi connectivity index (χ0) is 20.2. The fourth-order valence-electron chi connectivity index (χ4n) is 3.34. The third-order valence-electron chi connectivity index (χ3n) is 4.86. The first-order valence-corrected chi connectivity index (χ1v) is 10.6. The molecule has 1 atom stereocenters. The highest BCUT2D eigenvalue weighted by Gasteiger charge is 2.29. The normalized spacial score (nSPS) is 16.4. The number of carbonyl (C=O) groups excluding carboxylic acids is 2. The van der Waals surface area contributed by atoms with Crippen molar-refractivity contribution in [1.29, 1.82) is 0 Å². The molecule has 1 N–H and O–H groups in total. The highest BCUT2D eigenvalue weighted by atomic mass is 35.5. The van der Waals surface area contributed by atoms with Crippen LogP contribution in [0, 0.1) is 5.92 Å². The van der Waals surface area contributed by atoms with E-state index in [-0.39, 0.29) is 17.7 Å². The van der Waals surface area contributed by atoms with E-state index >= 15 is 0 Å². The van der Waals surface area contributed by atoms with Crippen LogP contribution >= 0.6 is 22.9 Å². The molecule has 0 radical (unpaired) electrons. The van der Waals surface area contributed by atoms with E-state index in [1.54, 1.807) is 41.6 Å². The summed E-state index contributed by atoms with van der Waals surface area (Å²) in [6.07, 6.45) is 4.98. The third-order valence-corrected chi connectivity index (χ3v) is 5.87. The molecule has 4 rings (SSSR count). The van der Waals surface area contributed by atoms with Crippen molar-refractivity contribution < 1.29 is 9.59 Å². The molecule has 2 amide bonds. The molecule has 3 heterocycles. The molecule has 0 spiro atoms. The van der Waals surface area contributed by atoms with Gasteiger partial charge < -0.3 is 10.2 Å². The Labute approximate surface area is 177 Å². The van der Waals surface area contributed by atoms with E-state index in [9.17, 15) is 9.59 Å². The van der Waals surface area contributed by atoms with Crippen LogP contribution in [0.15, 0.2) is 54.2 Å². The minimum Gasteiger partial charge on any atom is -0.338 e. The number of halogens is 1. The van der Waals surface area contributed by atoms with Crippen LogP contribution in [0.1, 0.15) is 23.2 Å². The van der Waals surface area contributed by atoms with Crippen molar-refractivity contribution in [3.8, 4) is 11.3 Å². The van der Waals surface area contributed by atoms with Gasteiger partial charge in [-0.2, -0.15) is 0 Å². The number of amides is 2. The second-order valence-electron chi connectivity index (χ2n) is 6.87. The van der Waals surface area contributed by atoms with Crippen molar-refractivity contribution in [2.45, 2.75) is 12.8 Å². The van der Waals surface area contributed by atoms with Crippen LogP contribution in [0.2, 0.25) is 5.02 Å². The third kappa shape index (κ3) is 4.63. The van der Waals surface area contributed by atoms with Crippen LogP contribution in [-0.4, -0.2) is 39.8 Å². The number of hydrogen-bond donors (Lipinski definition) is 1. The Morgan fingerprint density at radius 1 is 1.21 bits per heavy atom. The number of likely N-dealkylation sites (tertiary alicyclic amines) is 1. The van der Waals surface area contributed by atoms with Gasteiger partial charge >= 0.3 is 0 Å². The van der Waals surface area contributed by atoms with E-state index in [1.165, 1.54) is 11.3 Å². The SMILES string of the molecule is O=C(Nc1nc(-c2cccnc2)cs1)C1CCCN(C(=O)c2ccc(Cl)cc2)C1. The lowest BCUT2D eigenvalue weighted by Crippen LogP contribution is -2.43. The molecule has 1 fully saturated rings. The van der Waals surface area contributed by atoms with Crippen molar-refractivity contribution in [3.05, 3.63) is 64.8 Å². The van der Waals surface area contributed by atoms with E-state index in [4.69, 9.17) is 11.6 Å². The summed E-state index contributed by atoms with van der Waals surface area (Å²) in [6, 6.07) is 10.6. The van der Waals surface area contributed by atoms with E-state index < -0.39 is 0 Å². The molecule has 29 heavy (non-hydrogen) atoms. The summed E-state index contributed by atoms with van der Waals surface area (Å²) < 4.78 is 0. The van der Waals surface area contributed by atoms with Gasteiger partial charge in [-0.25, -0.2) is 4.98 Å². The van der Waals surface area contributed by atoms with E-state index in [0.29, 0.717) is 28.8 Å². The zero-order valence-electron chi connectivity index (χ0n) is 15.5. The molecule has 1 saturated heterocycles. The fraction of sp³-hybridized carbons (Fsp3) is 0.238. The number of nitrogens with one attached hydrogen (secondary N) is 1. The number of rotatable bonds is 4. The van der Waals surface area contributed by atoms with Crippen LogP contribution in [-0.2, 0) is 4.79 Å². The maximum absolute atomic E-state index is 12.8.